The van der Waals surface area contributed by atoms with Crippen LogP contribution in [0.25, 0.3) is 0 Å². The fraction of sp³-hybridized carbons (Fsp3) is 0.455. The maximum absolute atomic E-state index is 8.62. The van der Waals surface area contributed by atoms with Crippen molar-refractivity contribution in [3.05, 3.63) is 33.8 Å². The average molecular weight is 212 g/mol. The first-order chi connectivity index (χ1) is 6.81. The van der Waals surface area contributed by atoms with Gasteiger partial charge in [0, 0.05) is 11.6 Å². The molecule has 0 amide bonds. The fourth-order valence-electron chi connectivity index (χ4n) is 2.07. The van der Waals surface area contributed by atoms with E-state index in [1.807, 2.05) is 6.07 Å². The molecule has 0 fully saturated rings. The first kappa shape index (κ1) is 9.97. The molecule has 0 heterocycles. The molecule has 0 unspecified atom stereocenters. The van der Waals surface area contributed by atoms with Crippen molar-refractivity contribution in [2.24, 2.45) is 0 Å². The van der Waals surface area contributed by atoms with E-state index in [1.54, 1.807) is 0 Å². The molecule has 1 aliphatic carbocycles. The van der Waals surface area contributed by atoms with Crippen molar-refractivity contribution in [2.45, 2.75) is 32.2 Å². The topological polar surface area (TPSA) is 32.3 Å². The Bertz CT molecular complexity index is 338. The van der Waals surface area contributed by atoms with Crippen molar-refractivity contribution in [1.82, 2.24) is 5.48 Å². The SMILES string of the molecule is ONCc1cc(Cl)c2c(c1)CCCC2. The summed E-state index contributed by atoms with van der Waals surface area (Å²) in [5.74, 6) is 0. The minimum atomic E-state index is 0.465. The number of benzene rings is 1. The van der Waals surface area contributed by atoms with E-state index in [1.165, 1.54) is 24.0 Å². The molecule has 0 atom stereocenters. The number of nitrogens with one attached hydrogen (secondary N) is 1. The molecule has 2 nitrogen and oxygen atoms in total. The number of rotatable bonds is 2. The molecule has 0 aliphatic heterocycles. The Morgan fingerprint density at radius 3 is 2.86 bits per heavy atom. The lowest BCUT2D eigenvalue weighted by molar-refractivity contribution is 0.161. The molecule has 0 bridgehead atoms. The third-order valence-corrected chi connectivity index (χ3v) is 3.09. The molecule has 0 aromatic heterocycles. The standard InChI is InChI=1S/C11H14ClNO/c12-11-6-8(7-13-14)5-9-3-1-2-4-10(9)11/h5-6,13-14H,1-4,7H2. The summed E-state index contributed by atoms with van der Waals surface area (Å²) in [6.07, 6.45) is 4.71. The number of hydrogen-bond acceptors (Lipinski definition) is 2. The molecule has 0 saturated heterocycles. The van der Waals surface area contributed by atoms with Gasteiger partial charge in [-0.1, -0.05) is 17.7 Å². The Labute approximate surface area is 88.9 Å². The van der Waals surface area contributed by atoms with Gasteiger partial charge in [-0.05, 0) is 48.4 Å². The number of hydroxylamine groups is 1. The van der Waals surface area contributed by atoms with Crippen molar-refractivity contribution >= 4 is 11.6 Å². The normalized spacial score (nSPS) is 15.3. The lowest BCUT2D eigenvalue weighted by atomic mass is 9.90. The lowest BCUT2D eigenvalue weighted by Gasteiger charge is -2.18. The lowest BCUT2D eigenvalue weighted by Crippen LogP contribution is -2.09. The number of aryl methyl sites for hydroxylation is 1. The summed E-state index contributed by atoms with van der Waals surface area (Å²) < 4.78 is 0. The number of fused-ring (bicyclic) bond motifs is 1. The van der Waals surface area contributed by atoms with E-state index in [-0.39, 0.29) is 0 Å². The van der Waals surface area contributed by atoms with Crippen LogP contribution in [0.4, 0.5) is 0 Å². The van der Waals surface area contributed by atoms with E-state index in [0.717, 1.165) is 23.4 Å². The summed E-state index contributed by atoms with van der Waals surface area (Å²) in [6.45, 7) is 0.465. The molecule has 14 heavy (non-hydrogen) atoms. The monoisotopic (exact) mass is 211 g/mol. The van der Waals surface area contributed by atoms with Crippen LogP contribution < -0.4 is 5.48 Å². The Hall–Kier alpha value is -0.570. The molecular formula is C11H14ClNO. The summed E-state index contributed by atoms with van der Waals surface area (Å²) in [6, 6.07) is 4.08. The van der Waals surface area contributed by atoms with Crippen LogP contribution in [0.15, 0.2) is 12.1 Å². The highest BCUT2D eigenvalue weighted by Gasteiger charge is 2.13. The average Bonchev–Trinajstić information content (AvgIpc) is 2.18. The second-order valence-corrected chi connectivity index (χ2v) is 4.16. The van der Waals surface area contributed by atoms with Crippen LogP contribution in [0.1, 0.15) is 29.5 Å². The second-order valence-electron chi connectivity index (χ2n) is 3.76. The summed E-state index contributed by atoms with van der Waals surface area (Å²) in [5.41, 5.74) is 5.87. The Morgan fingerprint density at radius 1 is 1.29 bits per heavy atom. The van der Waals surface area contributed by atoms with Crippen LogP contribution in [0, 0.1) is 0 Å². The van der Waals surface area contributed by atoms with E-state index < -0.39 is 0 Å². The third kappa shape index (κ3) is 1.92. The van der Waals surface area contributed by atoms with Crippen molar-refractivity contribution in [2.75, 3.05) is 0 Å². The number of hydrogen-bond donors (Lipinski definition) is 2. The summed E-state index contributed by atoms with van der Waals surface area (Å²) >= 11 is 6.17. The van der Waals surface area contributed by atoms with E-state index in [2.05, 4.69) is 11.5 Å². The summed E-state index contributed by atoms with van der Waals surface area (Å²) in [7, 11) is 0. The molecule has 2 N–H and O–H groups in total. The highest BCUT2D eigenvalue weighted by molar-refractivity contribution is 6.31. The third-order valence-electron chi connectivity index (χ3n) is 2.75. The van der Waals surface area contributed by atoms with E-state index in [0.29, 0.717) is 6.54 Å². The predicted octanol–water partition coefficient (Wildman–Crippen LogP) is 2.70. The zero-order valence-corrected chi connectivity index (χ0v) is 8.77. The van der Waals surface area contributed by atoms with Crippen LogP contribution in [0.2, 0.25) is 5.02 Å². The fourth-order valence-corrected chi connectivity index (χ4v) is 2.43. The van der Waals surface area contributed by atoms with Crippen molar-refractivity contribution in [3.63, 3.8) is 0 Å². The van der Waals surface area contributed by atoms with E-state index >= 15 is 0 Å². The quantitative estimate of drug-likeness (QED) is 0.738. The Kier molecular flexibility index (Phi) is 3.06. The second kappa shape index (κ2) is 4.30. The van der Waals surface area contributed by atoms with Gasteiger partial charge in [-0.25, -0.2) is 5.48 Å². The van der Waals surface area contributed by atoms with Gasteiger partial charge < -0.3 is 5.21 Å². The van der Waals surface area contributed by atoms with Gasteiger partial charge in [0.25, 0.3) is 0 Å². The van der Waals surface area contributed by atoms with Gasteiger partial charge in [0.1, 0.15) is 0 Å². The smallest absolute Gasteiger partial charge is 0.0458 e. The highest BCUT2D eigenvalue weighted by atomic mass is 35.5. The zero-order chi connectivity index (χ0) is 9.97. The molecular weight excluding hydrogens is 198 g/mol. The first-order valence-corrected chi connectivity index (χ1v) is 5.36. The van der Waals surface area contributed by atoms with Crippen LogP contribution in [-0.2, 0) is 19.4 Å². The molecule has 1 aliphatic rings. The molecule has 1 aromatic rings. The van der Waals surface area contributed by atoms with Crippen molar-refractivity contribution < 1.29 is 5.21 Å². The molecule has 0 spiro atoms. The Morgan fingerprint density at radius 2 is 2.07 bits per heavy atom. The van der Waals surface area contributed by atoms with Gasteiger partial charge in [0.05, 0.1) is 0 Å². The minimum Gasteiger partial charge on any atom is -0.316 e. The van der Waals surface area contributed by atoms with Gasteiger partial charge in [-0.2, -0.15) is 0 Å². The van der Waals surface area contributed by atoms with E-state index in [4.69, 9.17) is 16.8 Å². The van der Waals surface area contributed by atoms with Gasteiger partial charge in [-0.15, -0.1) is 0 Å². The molecule has 0 radical (unpaired) electrons. The minimum absolute atomic E-state index is 0.465. The molecule has 2 rings (SSSR count). The van der Waals surface area contributed by atoms with E-state index in [9.17, 15) is 0 Å². The summed E-state index contributed by atoms with van der Waals surface area (Å²) in [4.78, 5) is 0. The van der Waals surface area contributed by atoms with Crippen molar-refractivity contribution in [3.8, 4) is 0 Å². The zero-order valence-electron chi connectivity index (χ0n) is 8.02. The van der Waals surface area contributed by atoms with Crippen LogP contribution >= 0.6 is 11.6 Å². The van der Waals surface area contributed by atoms with Gasteiger partial charge in [0.2, 0.25) is 0 Å². The molecule has 1 aromatic carbocycles. The van der Waals surface area contributed by atoms with Gasteiger partial charge in [0.15, 0.2) is 0 Å². The largest absolute Gasteiger partial charge is 0.316 e. The van der Waals surface area contributed by atoms with Crippen LogP contribution in [0.3, 0.4) is 0 Å². The van der Waals surface area contributed by atoms with Gasteiger partial charge in [-0.3, -0.25) is 0 Å². The molecule has 3 heteroatoms. The van der Waals surface area contributed by atoms with Gasteiger partial charge >= 0.3 is 0 Å². The Balaban J connectivity index is 2.36. The van der Waals surface area contributed by atoms with Crippen LogP contribution in [0.5, 0.6) is 0 Å². The predicted molar refractivity (Wildman–Crippen MR) is 56.7 cm³/mol. The maximum atomic E-state index is 8.62. The van der Waals surface area contributed by atoms with Crippen LogP contribution in [-0.4, -0.2) is 5.21 Å². The molecule has 0 saturated carbocycles. The van der Waals surface area contributed by atoms with Crippen molar-refractivity contribution in [1.29, 1.82) is 0 Å². The maximum Gasteiger partial charge on any atom is 0.0458 e. The first-order valence-electron chi connectivity index (χ1n) is 4.98. The highest BCUT2D eigenvalue weighted by Crippen LogP contribution is 2.29. The number of halogens is 1. The summed E-state index contributed by atoms with van der Waals surface area (Å²) in [5, 5.41) is 9.48. The molecule has 76 valence electrons.